The fraction of sp³-hybridized carbons (Fsp3) is 0.846. The van der Waals surface area contributed by atoms with Gasteiger partial charge in [-0.2, -0.15) is 4.98 Å². The minimum Gasteiger partial charge on any atom is -0.373 e. The summed E-state index contributed by atoms with van der Waals surface area (Å²) in [5, 5.41) is 4.07. The minimum atomic E-state index is -0.180. The Kier molecular flexibility index (Phi) is 3.73. The highest BCUT2D eigenvalue weighted by molar-refractivity contribution is 5.12. The lowest BCUT2D eigenvalue weighted by Gasteiger charge is -2.24. The summed E-state index contributed by atoms with van der Waals surface area (Å²) < 4.78 is 10.9. The van der Waals surface area contributed by atoms with Crippen LogP contribution in [0, 0.1) is 5.92 Å². The van der Waals surface area contributed by atoms with E-state index in [1.54, 1.807) is 7.11 Å². The third-order valence-corrected chi connectivity index (χ3v) is 4.07. The molecule has 18 heavy (non-hydrogen) atoms. The zero-order valence-electron chi connectivity index (χ0n) is 11.6. The number of aromatic nitrogens is 2. The van der Waals surface area contributed by atoms with Crippen LogP contribution in [-0.4, -0.2) is 23.3 Å². The van der Waals surface area contributed by atoms with Crippen molar-refractivity contribution in [2.45, 2.75) is 57.6 Å². The lowest BCUT2D eigenvalue weighted by molar-refractivity contribution is 0.0555. The van der Waals surface area contributed by atoms with E-state index < -0.39 is 0 Å². The van der Waals surface area contributed by atoms with Crippen LogP contribution in [0.2, 0.25) is 0 Å². The molecule has 1 aromatic heterocycles. The van der Waals surface area contributed by atoms with Gasteiger partial charge >= 0.3 is 0 Å². The van der Waals surface area contributed by atoms with Gasteiger partial charge in [0.25, 0.3) is 0 Å². The quantitative estimate of drug-likeness (QED) is 0.890. The van der Waals surface area contributed by atoms with Crippen LogP contribution in [0.1, 0.15) is 57.9 Å². The zero-order valence-corrected chi connectivity index (χ0v) is 11.6. The maximum atomic E-state index is 6.16. The van der Waals surface area contributed by atoms with Gasteiger partial charge in [-0.25, -0.2) is 0 Å². The zero-order chi connectivity index (χ0) is 13.3. The second kappa shape index (κ2) is 4.97. The predicted octanol–water partition coefficient (Wildman–Crippen LogP) is 2.18. The first kappa shape index (κ1) is 13.5. The predicted molar refractivity (Wildman–Crippen MR) is 68.1 cm³/mol. The first-order chi connectivity index (χ1) is 8.49. The van der Waals surface area contributed by atoms with Gasteiger partial charge in [-0.1, -0.05) is 25.4 Å². The van der Waals surface area contributed by atoms with E-state index in [9.17, 15) is 0 Å². The van der Waals surface area contributed by atoms with Crippen LogP contribution in [-0.2, 0) is 10.2 Å². The van der Waals surface area contributed by atoms with Crippen molar-refractivity contribution in [2.24, 2.45) is 11.7 Å². The Hall–Kier alpha value is -0.940. The van der Waals surface area contributed by atoms with Crippen molar-refractivity contribution in [2.75, 3.05) is 7.11 Å². The molecule has 3 atom stereocenters. The molecule has 3 unspecified atom stereocenters. The summed E-state index contributed by atoms with van der Waals surface area (Å²) in [5.74, 6) is 1.60. The van der Waals surface area contributed by atoms with E-state index in [1.807, 2.05) is 0 Å². The highest BCUT2D eigenvalue weighted by Gasteiger charge is 2.43. The Bertz CT molecular complexity index is 405. The van der Waals surface area contributed by atoms with Gasteiger partial charge in [0.1, 0.15) is 6.10 Å². The van der Waals surface area contributed by atoms with E-state index in [-0.39, 0.29) is 17.6 Å². The largest absolute Gasteiger partial charge is 0.373 e. The molecule has 1 saturated carbocycles. The molecule has 0 radical (unpaired) electrons. The molecule has 1 heterocycles. The standard InChI is InChI=1S/C13H23N3O2/c1-8(2)10(17-4)11-15-12(18-16-11)13(3)7-5-6-9(13)14/h8-10H,5-7,14H2,1-4H3. The average Bonchev–Trinajstić information content (AvgIpc) is 2.89. The maximum absolute atomic E-state index is 6.16. The van der Waals surface area contributed by atoms with Gasteiger partial charge < -0.3 is 15.0 Å². The van der Waals surface area contributed by atoms with Crippen molar-refractivity contribution in [1.82, 2.24) is 10.1 Å². The number of nitrogens with two attached hydrogens (primary N) is 1. The molecule has 0 aliphatic heterocycles. The smallest absolute Gasteiger partial charge is 0.234 e. The second-order valence-corrected chi connectivity index (χ2v) is 5.77. The number of hydrogen-bond acceptors (Lipinski definition) is 5. The van der Waals surface area contributed by atoms with E-state index in [1.165, 1.54) is 0 Å². The molecule has 0 bridgehead atoms. The van der Waals surface area contributed by atoms with Crippen molar-refractivity contribution in [1.29, 1.82) is 0 Å². The molecule has 5 nitrogen and oxygen atoms in total. The molecular weight excluding hydrogens is 230 g/mol. The number of rotatable bonds is 4. The molecule has 1 aromatic rings. The summed E-state index contributed by atoms with van der Waals surface area (Å²) in [6.07, 6.45) is 3.03. The molecular formula is C13H23N3O2. The number of hydrogen-bond donors (Lipinski definition) is 1. The monoisotopic (exact) mass is 253 g/mol. The van der Waals surface area contributed by atoms with Crippen LogP contribution < -0.4 is 5.73 Å². The van der Waals surface area contributed by atoms with E-state index in [4.69, 9.17) is 15.0 Å². The highest BCUT2D eigenvalue weighted by atomic mass is 16.5. The van der Waals surface area contributed by atoms with Gasteiger partial charge in [0.05, 0.1) is 5.41 Å². The van der Waals surface area contributed by atoms with Gasteiger partial charge in [0.15, 0.2) is 0 Å². The fourth-order valence-electron chi connectivity index (χ4n) is 2.72. The van der Waals surface area contributed by atoms with Crippen molar-refractivity contribution in [3.05, 3.63) is 11.7 Å². The molecule has 1 aliphatic carbocycles. The van der Waals surface area contributed by atoms with E-state index in [0.717, 1.165) is 19.3 Å². The SMILES string of the molecule is COC(c1noc(C2(C)CCCC2N)n1)C(C)C. The lowest BCUT2D eigenvalue weighted by Crippen LogP contribution is -2.38. The van der Waals surface area contributed by atoms with Crippen LogP contribution in [0.3, 0.4) is 0 Å². The van der Waals surface area contributed by atoms with Gasteiger partial charge in [-0.15, -0.1) is 0 Å². The van der Waals surface area contributed by atoms with Crippen LogP contribution in [0.25, 0.3) is 0 Å². The van der Waals surface area contributed by atoms with Gasteiger partial charge in [0.2, 0.25) is 11.7 Å². The first-order valence-corrected chi connectivity index (χ1v) is 6.61. The Balaban J connectivity index is 2.25. The molecule has 1 aliphatic rings. The van der Waals surface area contributed by atoms with E-state index in [0.29, 0.717) is 17.6 Å². The van der Waals surface area contributed by atoms with Crippen molar-refractivity contribution in [3.8, 4) is 0 Å². The maximum Gasteiger partial charge on any atom is 0.234 e. The molecule has 0 spiro atoms. The number of nitrogens with zero attached hydrogens (tertiary/aromatic N) is 2. The molecule has 0 amide bonds. The topological polar surface area (TPSA) is 74.2 Å². The summed E-state index contributed by atoms with van der Waals surface area (Å²) in [6, 6.07) is 0.103. The Labute approximate surface area is 108 Å². The highest BCUT2D eigenvalue weighted by Crippen LogP contribution is 2.39. The third-order valence-electron chi connectivity index (χ3n) is 4.07. The minimum absolute atomic E-state index is 0.103. The molecule has 5 heteroatoms. The summed E-state index contributed by atoms with van der Waals surface area (Å²) in [7, 11) is 1.67. The van der Waals surface area contributed by atoms with E-state index >= 15 is 0 Å². The molecule has 1 fully saturated rings. The molecule has 0 saturated heterocycles. The van der Waals surface area contributed by atoms with Crippen LogP contribution in [0.5, 0.6) is 0 Å². The molecule has 2 rings (SSSR count). The van der Waals surface area contributed by atoms with Crippen LogP contribution in [0.15, 0.2) is 4.52 Å². The molecule has 0 aromatic carbocycles. The third kappa shape index (κ3) is 2.17. The van der Waals surface area contributed by atoms with Crippen LogP contribution in [0.4, 0.5) is 0 Å². The summed E-state index contributed by atoms with van der Waals surface area (Å²) in [4.78, 5) is 4.52. The fourth-order valence-corrected chi connectivity index (χ4v) is 2.72. The summed E-state index contributed by atoms with van der Waals surface area (Å²) >= 11 is 0. The van der Waals surface area contributed by atoms with Crippen molar-refractivity contribution in [3.63, 3.8) is 0 Å². The van der Waals surface area contributed by atoms with Crippen molar-refractivity contribution < 1.29 is 9.26 Å². The summed E-state index contributed by atoms with van der Waals surface area (Å²) in [5.41, 5.74) is 5.98. The Morgan fingerprint density at radius 2 is 2.22 bits per heavy atom. The molecule has 2 N–H and O–H groups in total. The number of ether oxygens (including phenoxy) is 1. The Morgan fingerprint density at radius 1 is 1.50 bits per heavy atom. The molecule has 102 valence electrons. The average molecular weight is 253 g/mol. The summed E-state index contributed by atoms with van der Waals surface area (Å²) in [6.45, 7) is 6.26. The van der Waals surface area contributed by atoms with Gasteiger partial charge in [-0.3, -0.25) is 0 Å². The van der Waals surface area contributed by atoms with Gasteiger partial charge in [0, 0.05) is 13.2 Å². The normalized spacial score (nSPS) is 30.0. The first-order valence-electron chi connectivity index (χ1n) is 6.61. The lowest BCUT2D eigenvalue weighted by atomic mass is 9.85. The Morgan fingerprint density at radius 3 is 2.72 bits per heavy atom. The van der Waals surface area contributed by atoms with Crippen molar-refractivity contribution >= 4 is 0 Å². The number of methoxy groups -OCH3 is 1. The van der Waals surface area contributed by atoms with E-state index in [2.05, 4.69) is 30.9 Å². The van der Waals surface area contributed by atoms with Crippen LogP contribution >= 0.6 is 0 Å². The van der Waals surface area contributed by atoms with Gasteiger partial charge in [-0.05, 0) is 25.7 Å². The second-order valence-electron chi connectivity index (χ2n) is 5.77.